The topological polar surface area (TPSA) is 47.6 Å². The van der Waals surface area contributed by atoms with Crippen LogP contribution in [0.25, 0.3) is 6.08 Å². The number of alkyl carbamates (subject to hydrolysis) is 1. The largest absolute Gasteiger partial charge is 0.497 e. The summed E-state index contributed by atoms with van der Waals surface area (Å²) in [6.45, 7) is 0.450. The van der Waals surface area contributed by atoms with Crippen LogP contribution in [0.2, 0.25) is 0 Å². The molecule has 0 spiro atoms. The van der Waals surface area contributed by atoms with Crippen molar-refractivity contribution in [3.63, 3.8) is 0 Å². The van der Waals surface area contributed by atoms with Gasteiger partial charge in [0.2, 0.25) is 0 Å². The summed E-state index contributed by atoms with van der Waals surface area (Å²) in [5.41, 5.74) is 1.31. The van der Waals surface area contributed by atoms with E-state index >= 15 is 0 Å². The Balaban J connectivity index is 1.77. The molecule has 2 rings (SSSR count). The van der Waals surface area contributed by atoms with Crippen molar-refractivity contribution in [1.82, 2.24) is 5.32 Å². The van der Waals surface area contributed by atoms with Gasteiger partial charge in [-0.15, -0.1) is 0 Å². The average molecular weight is 315 g/mol. The van der Waals surface area contributed by atoms with Crippen LogP contribution >= 0.6 is 0 Å². The molecule has 0 aliphatic carbocycles. The highest BCUT2D eigenvalue weighted by Crippen LogP contribution is 2.17. The molecular formula is C18H18FNO3. The summed E-state index contributed by atoms with van der Waals surface area (Å²) in [6.07, 6.45) is 2.70. The highest BCUT2D eigenvalue weighted by Gasteiger charge is 2.02. The standard InChI is InChI=1S/C18H18FNO3/c1-22-16-9-10-17(19)15(12-16)8-5-11-20-18(21)23-13-14-6-3-2-4-7-14/h2-10,12H,11,13H2,1H3,(H,20,21). The number of hydrogen-bond acceptors (Lipinski definition) is 3. The second-order valence-corrected chi connectivity index (χ2v) is 4.73. The summed E-state index contributed by atoms with van der Waals surface area (Å²) in [4.78, 5) is 11.5. The molecule has 0 saturated heterocycles. The third-order valence-corrected chi connectivity index (χ3v) is 3.08. The molecule has 0 atom stereocenters. The van der Waals surface area contributed by atoms with Gasteiger partial charge in [-0.1, -0.05) is 42.5 Å². The monoisotopic (exact) mass is 315 g/mol. The van der Waals surface area contributed by atoms with Crippen LogP contribution in [0.5, 0.6) is 5.75 Å². The van der Waals surface area contributed by atoms with Gasteiger partial charge in [0.25, 0.3) is 0 Å². The molecule has 120 valence electrons. The second-order valence-electron chi connectivity index (χ2n) is 4.73. The highest BCUT2D eigenvalue weighted by molar-refractivity contribution is 5.67. The molecule has 0 fully saturated rings. The molecule has 0 radical (unpaired) electrons. The van der Waals surface area contributed by atoms with E-state index in [1.165, 1.54) is 13.2 Å². The number of benzene rings is 2. The summed E-state index contributed by atoms with van der Waals surface area (Å²) in [5.74, 6) is 0.218. The number of carbonyl (C=O) groups is 1. The Bertz CT molecular complexity index is 671. The Kier molecular flexibility index (Phi) is 6.17. The minimum atomic E-state index is -0.524. The molecule has 2 aromatic rings. The maximum absolute atomic E-state index is 13.6. The normalized spacial score (nSPS) is 10.5. The molecule has 23 heavy (non-hydrogen) atoms. The molecular weight excluding hydrogens is 297 g/mol. The van der Waals surface area contributed by atoms with Crippen LogP contribution in [0, 0.1) is 5.82 Å². The van der Waals surface area contributed by atoms with Crippen LogP contribution in [0.4, 0.5) is 9.18 Å². The van der Waals surface area contributed by atoms with Gasteiger partial charge in [-0.05, 0) is 23.8 Å². The molecule has 0 aliphatic rings. The number of carbonyl (C=O) groups excluding carboxylic acids is 1. The molecule has 0 aliphatic heterocycles. The molecule has 1 amide bonds. The van der Waals surface area contributed by atoms with E-state index < -0.39 is 6.09 Å². The summed E-state index contributed by atoms with van der Waals surface area (Å²) >= 11 is 0. The first-order valence-electron chi connectivity index (χ1n) is 7.13. The van der Waals surface area contributed by atoms with Gasteiger partial charge < -0.3 is 14.8 Å². The van der Waals surface area contributed by atoms with Gasteiger partial charge in [0.05, 0.1) is 7.11 Å². The molecule has 0 heterocycles. The van der Waals surface area contributed by atoms with Gasteiger partial charge in [-0.3, -0.25) is 0 Å². The maximum Gasteiger partial charge on any atom is 0.407 e. The van der Waals surface area contributed by atoms with Crippen molar-refractivity contribution in [2.75, 3.05) is 13.7 Å². The molecule has 0 bridgehead atoms. The summed E-state index contributed by atoms with van der Waals surface area (Å²) in [6, 6.07) is 13.9. The van der Waals surface area contributed by atoms with Crippen molar-refractivity contribution >= 4 is 12.2 Å². The molecule has 2 aromatic carbocycles. The lowest BCUT2D eigenvalue weighted by atomic mass is 10.2. The van der Waals surface area contributed by atoms with Crippen LogP contribution in [-0.2, 0) is 11.3 Å². The number of halogens is 1. The lowest BCUT2D eigenvalue weighted by Gasteiger charge is -2.05. The van der Waals surface area contributed by atoms with Crippen LogP contribution in [0.15, 0.2) is 54.6 Å². The zero-order chi connectivity index (χ0) is 16.5. The molecule has 5 heteroatoms. The fourth-order valence-corrected chi connectivity index (χ4v) is 1.88. The first-order valence-corrected chi connectivity index (χ1v) is 7.13. The minimum Gasteiger partial charge on any atom is -0.497 e. The predicted molar refractivity (Wildman–Crippen MR) is 86.6 cm³/mol. The lowest BCUT2D eigenvalue weighted by Crippen LogP contribution is -2.24. The third kappa shape index (κ3) is 5.47. The summed E-state index contributed by atoms with van der Waals surface area (Å²) < 4.78 is 23.7. The number of rotatable bonds is 6. The van der Waals surface area contributed by atoms with Crippen LogP contribution in [0.1, 0.15) is 11.1 Å². The quantitative estimate of drug-likeness (QED) is 0.882. The predicted octanol–water partition coefficient (Wildman–Crippen LogP) is 3.77. The zero-order valence-electron chi connectivity index (χ0n) is 12.8. The molecule has 0 saturated carbocycles. The van der Waals surface area contributed by atoms with E-state index in [-0.39, 0.29) is 19.0 Å². The van der Waals surface area contributed by atoms with Gasteiger partial charge in [0, 0.05) is 12.1 Å². The zero-order valence-corrected chi connectivity index (χ0v) is 12.8. The second kappa shape index (κ2) is 8.58. The first kappa shape index (κ1) is 16.5. The Labute approximate surface area is 134 Å². The van der Waals surface area contributed by atoms with Crippen molar-refractivity contribution in [1.29, 1.82) is 0 Å². The Morgan fingerprint density at radius 1 is 1.22 bits per heavy atom. The van der Waals surface area contributed by atoms with E-state index in [4.69, 9.17) is 9.47 Å². The highest BCUT2D eigenvalue weighted by atomic mass is 19.1. The van der Waals surface area contributed by atoms with E-state index in [1.54, 1.807) is 24.3 Å². The van der Waals surface area contributed by atoms with E-state index in [0.717, 1.165) is 5.56 Å². The van der Waals surface area contributed by atoms with E-state index in [2.05, 4.69) is 5.32 Å². The van der Waals surface area contributed by atoms with Crippen LogP contribution in [-0.4, -0.2) is 19.7 Å². The van der Waals surface area contributed by atoms with Crippen molar-refractivity contribution in [2.24, 2.45) is 0 Å². The van der Waals surface area contributed by atoms with Crippen LogP contribution < -0.4 is 10.1 Å². The van der Waals surface area contributed by atoms with Gasteiger partial charge >= 0.3 is 6.09 Å². The number of ether oxygens (including phenoxy) is 2. The van der Waals surface area contributed by atoms with Gasteiger partial charge in [0.1, 0.15) is 18.2 Å². The number of methoxy groups -OCH3 is 1. The van der Waals surface area contributed by atoms with E-state index in [1.807, 2.05) is 30.3 Å². The van der Waals surface area contributed by atoms with Crippen molar-refractivity contribution in [3.8, 4) is 5.75 Å². The molecule has 0 unspecified atom stereocenters. The van der Waals surface area contributed by atoms with Gasteiger partial charge in [0.15, 0.2) is 0 Å². The van der Waals surface area contributed by atoms with Gasteiger partial charge in [-0.25, -0.2) is 9.18 Å². The Hall–Kier alpha value is -2.82. The van der Waals surface area contributed by atoms with Crippen molar-refractivity contribution < 1.29 is 18.7 Å². The number of nitrogens with one attached hydrogen (secondary N) is 1. The lowest BCUT2D eigenvalue weighted by molar-refractivity contribution is 0.141. The maximum atomic E-state index is 13.6. The number of amides is 1. The minimum absolute atomic E-state index is 0.209. The summed E-state index contributed by atoms with van der Waals surface area (Å²) in [7, 11) is 1.52. The smallest absolute Gasteiger partial charge is 0.407 e. The fourth-order valence-electron chi connectivity index (χ4n) is 1.88. The first-order chi connectivity index (χ1) is 11.2. The molecule has 0 aromatic heterocycles. The third-order valence-electron chi connectivity index (χ3n) is 3.08. The van der Waals surface area contributed by atoms with Crippen molar-refractivity contribution in [3.05, 3.63) is 71.6 Å². The van der Waals surface area contributed by atoms with E-state index in [0.29, 0.717) is 11.3 Å². The molecule has 1 N–H and O–H groups in total. The Morgan fingerprint density at radius 2 is 2.00 bits per heavy atom. The van der Waals surface area contributed by atoms with Crippen LogP contribution in [0.3, 0.4) is 0 Å². The average Bonchev–Trinajstić information content (AvgIpc) is 2.59. The van der Waals surface area contributed by atoms with E-state index in [9.17, 15) is 9.18 Å². The number of hydrogen-bond donors (Lipinski definition) is 1. The Morgan fingerprint density at radius 3 is 2.74 bits per heavy atom. The van der Waals surface area contributed by atoms with Crippen molar-refractivity contribution in [2.45, 2.75) is 6.61 Å². The fraction of sp³-hybridized carbons (Fsp3) is 0.167. The summed E-state index contributed by atoms with van der Waals surface area (Å²) in [5, 5.41) is 2.57. The SMILES string of the molecule is COc1ccc(F)c(C=CCNC(=O)OCc2ccccc2)c1. The molecule has 4 nitrogen and oxygen atoms in total. The van der Waals surface area contributed by atoms with Gasteiger partial charge in [-0.2, -0.15) is 0 Å².